The van der Waals surface area contributed by atoms with Crippen molar-refractivity contribution < 1.29 is 14.3 Å². The van der Waals surface area contributed by atoms with Gasteiger partial charge < -0.3 is 9.47 Å². The molecule has 0 bridgehead atoms. The van der Waals surface area contributed by atoms with Gasteiger partial charge in [-0.05, 0) is 12.8 Å². The van der Waals surface area contributed by atoms with Crippen molar-refractivity contribution in [3.05, 3.63) is 0 Å². The zero-order chi connectivity index (χ0) is 10.3. The Kier molecular flexibility index (Phi) is 7.00. The zero-order valence-corrected chi connectivity index (χ0v) is 9.13. The standard InChI is InChI=1S/C9H17ClO3/c1-7(2)5-12-6-8(3)13-9(11)4-10/h7-8H,4-6H2,1-3H3. The van der Waals surface area contributed by atoms with E-state index in [2.05, 4.69) is 13.8 Å². The summed E-state index contributed by atoms with van der Waals surface area (Å²) >= 11 is 5.27. The molecule has 1 unspecified atom stereocenters. The van der Waals surface area contributed by atoms with Crippen molar-refractivity contribution in [3.63, 3.8) is 0 Å². The number of esters is 1. The highest BCUT2D eigenvalue weighted by Crippen LogP contribution is 1.97. The molecule has 13 heavy (non-hydrogen) atoms. The predicted molar refractivity (Wildman–Crippen MR) is 51.9 cm³/mol. The summed E-state index contributed by atoms with van der Waals surface area (Å²) < 4.78 is 10.2. The molecule has 0 aliphatic heterocycles. The normalized spacial score (nSPS) is 13.0. The first-order valence-corrected chi connectivity index (χ1v) is 4.93. The van der Waals surface area contributed by atoms with Crippen molar-refractivity contribution >= 4 is 17.6 Å². The van der Waals surface area contributed by atoms with Crippen LogP contribution in [0, 0.1) is 5.92 Å². The first-order chi connectivity index (χ1) is 6.06. The average Bonchev–Trinajstić information content (AvgIpc) is 2.03. The zero-order valence-electron chi connectivity index (χ0n) is 8.38. The van der Waals surface area contributed by atoms with Crippen molar-refractivity contribution in [1.29, 1.82) is 0 Å². The molecule has 78 valence electrons. The van der Waals surface area contributed by atoms with Crippen LogP contribution in [-0.2, 0) is 14.3 Å². The molecule has 0 aliphatic carbocycles. The van der Waals surface area contributed by atoms with Crippen LogP contribution >= 0.6 is 11.6 Å². The Hall–Kier alpha value is -0.280. The lowest BCUT2D eigenvalue weighted by molar-refractivity contribution is -0.148. The maximum atomic E-state index is 10.7. The predicted octanol–water partition coefficient (Wildman–Crippen LogP) is 1.83. The highest BCUT2D eigenvalue weighted by Gasteiger charge is 2.08. The van der Waals surface area contributed by atoms with Crippen LogP contribution in [0.5, 0.6) is 0 Å². The van der Waals surface area contributed by atoms with Crippen molar-refractivity contribution in [3.8, 4) is 0 Å². The molecule has 4 heteroatoms. The highest BCUT2D eigenvalue weighted by molar-refractivity contribution is 6.26. The van der Waals surface area contributed by atoms with Gasteiger partial charge in [-0.3, -0.25) is 4.79 Å². The van der Waals surface area contributed by atoms with E-state index in [1.807, 2.05) is 0 Å². The summed E-state index contributed by atoms with van der Waals surface area (Å²) in [4.78, 5) is 10.7. The summed E-state index contributed by atoms with van der Waals surface area (Å²) in [5.74, 6) is -0.00706. The van der Waals surface area contributed by atoms with Gasteiger partial charge in [0.25, 0.3) is 0 Å². The van der Waals surface area contributed by atoms with Gasteiger partial charge in [0.15, 0.2) is 0 Å². The number of ether oxygens (including phenoxy) is 2. The second-order valence-corrected chi connectivity index (χ2v) is 3.63. The monoisotopic (exact) mass is 208 g/mol. The molecule has 3 nitrogen and oxygen atoms in total. The third-order valence-corrected chi connectivity index (χ3v) is 1.46. The van der Waals surface area contributed by atoms with Gasteiger partial charge in [0, 0.05) is 6.61 Å². The molecular formula is C9H17ClO3. The fraction of sp³-hybridized carbons (Fsp3) is 0.889. The lowest BCUT2D eigenvalue weighted by atomic mass is 10.2. The lowest BCUT2D eigenvalue weighted by Crippen LogP contribution is -2.22. The van der Waals surface area contributed by atoms with Gasteiger partial charge >= 0.3 is 5.97 Å². The summed E-state index contributed by atoms with van der Waals surface area (Å²) in [5.41, 5.74) is 0. The molecule has 0 aromatic carbocycles. The fourth-order valence-corrected chi connectivity index (χ4v) is 0.823. The number of hydrogen-bond acceptors (Lipinski definition) is 3. The minimum Gasteiger partial charge on any atom is -0.459 e. The molecule has 0 rings (SSSR count). The molecule has 0 N–H and O–H groups in total. The van der Waals surface area contributed by atoms with Crippen LogP contribution in [-0.4, -0.2) is 31.2 Å². The van der Waals surface area contributed by atoms with Crippen molar-refractivity contribution in [2.45, 2.75) is 26.9 Å². The van der Waals surface area contributed by atoms with Crippen LogP contribution in [0.1, 0.15) is 20.8 Å². The highest BCUT2D eigenvalue weighted by atomic mass is 35.5. The number of alkyl halides is 1. The van der Waals surface area contributed by atoms with Crippen LogP contribution in [0.3, 0.4) is 0 Å². The topological polar surface area (TPSA) is 35.5 Å². The van der Waals surface area contributed by atoms with Crippen LogP contribution in [0.15, 0.2) is 0 Å². The lowest BCUT2D eigenvalue weighted by Gasteiger charge is -2.13. The summed E-state index contributed by atoms with van der Waals surface area (Å²) in [5, 5.41) is 0. The molecule has 0 heterocycles. The number of halogens is 1. The van der Waals surface area contributed by atoms with E-state index >= 15 is 0 Å². The van der Waals surface area contributed by atoms with Gasteiger partial charge in [0.1, 0.15) is 12.0 Å². The Labute approximate surface area is 84.4 Å². The Morgan fingerprint density at radius 3 is 2.38 bits per heavy atom. The minimum absolute atomic E-state index is 0.103. The first kappa shape index (κ1) is 12.7. The van der Waals surface area contributed by atoms with Gasteiger partial charge in [0.05, 0.1) is 6.61 Å². The smallest absolute Gasteiger partial charge is 0.321 e. The molecule has 0 aromatic rings. The van der Waals surface area contributed by atoms with Crippen LogP contribution in [0.25, 0.3) is 0 Å². The quantitative estimate of drug-likeness (QED) is 0.494. The third-order valence-electron chi connectivity index (χ3n) is 1.25. The van der Waals surface area contributed by atoms with E-state index in [9.17, 15) is 4.79 Å². The molecule has 0 fully saturated rings. The van der Waals surface area contributed by atoms with E-state index in [-0.39, 0.29) is 12.0 Å². The third kappa shape index (κ3) is 8.06. The van der Waals surface area contributed by atoms with E-state index < -0.39 is 5.97 Å². The number of rotatable bonds is 6. The Morgan fingerprint density at radius 2 is 1.92 bits per heavy atom. The fourth-order valence-electron chi connectivity index (χ4n) is 0.760. The summed E-state index contributed by atoms with van der Waals surface area (Å²) in [6.45, 7) is 7.03. The van der Waals surface area contributed by atoms with Crippen molar-refractivity contribution in [1.82, 2.24) is 0 Å². The van der Waals surface area contributed by atoms with E-state index in [1.54, 1.807) is 6.92 Å². The van der Waals surface area contributed by atoms with Gasteiger partial charge in [-0.15, -0.1) is 11.6 Å². The minimum atomic E-state index is -0.401. The average molecular weight is 209 g/mol. The molecule has 0 aliphatic rings. The molecule has 0 amide bonds. The number of carbonyl (C=O) groups is 1. The van der Waals surface area contributed by atoms with Crippen LogP contribution < -0.4 is 0 Å². The molecule has 0 saturated carbocycles. The Morgan fingerprint density at radius 1 is 1.31 bits per heavy atom. The Balaban J connectivity index is 3.40. The maximum Gasteiger partial charge on any atom is 0.321 e. The SMILES string of the molecule is CC(C)COCC(C)OC(=O)CCl. The molecular weight excluding hydrogens is 192 g/mol. The van der Waals surface area contributed by atoms with Crippen LogP contribution in [0.2, 0.25) is 0 Å². The largest absolute Gasteiger partial charge is 0.459 e. The van der Waals surface area contributed by atoms with Crippen molar-refractivity contribution in [2.24, 2.45) is 5.92 Å². The molecule has 0 saturated heterocycles. The second-order valence-electron chi connectivity index (χ2n) is 3.37. The van der Waals surface area contributed by atoms with Gasteiger partial charge in [-0.2, -0.15) is 0 Å². The van der Waals surface area contributed by atoms with Gasteiger partial charge in [-0.25, -0.2) is 0 Å². The van der Waals surface area contributed by atoms with Gasteiger partial charge in [-0.1, -0.05) is 13.8 Å². The van der Waals surface area contributed by atoms with E-state index in [1.165, 1.54) is 0 Å². The molecule has 0 spiro atoms. The van der Waals surface area contributed by atoms with E-state index in [0.29, 0.717) is 19.1 Å². The second kappa shape index (κ2) is 7.15. The van der Waals surface area contributed by atoms with Crippen LogP contribution in [0.4, 0.5) is 0 Å². The Bertz CT molecular complexity index is 148. The number of carbonyl (C=O) groups excluding carboxylic acids is 1. The molecule has 1 atom stereocenters. The van der Waals surface area contributed by atoms with E-state index in [4.69, 9.17) is 21.1 Å². The summed E-state index contributed by atoms with van der Waals surface area (Å²) in [7, 11) is 0. The van der Waals surface area contributed by atoms with E-state index in [0.717, 1.165) is 0 Å². The maximum absolute atomic E-state index is 10.7. The first-order valence-electron chi connectivity index (χ1n) is 4.39. The molecule has 0 aromatic heterocycles. The molecule has 0 radical (unpaired) electrons. The van der Waals surface area contributed by atoms with Crippen molar-refractivity contribution in [2.75, 3.05) is 19.1 Å². The summed E-state index contributed by atoms with van der Waals surface area (Å²) in [6, 6.07) is 0. The summed E-state index contributed by atoms with van der Waals surface area (Å²) in [6.07, 6.45) is -0.218. The number of hydrogen-bond donors (Lipinski definition) is 0. The van der Waals surface area contributed by atoms with Gasteiger partial charge in [0.2, 0.25) is 0 Å².